The molecule has 1 aliphatic heterocycles. The predicted octanol–water partition coefficient (Wildman–Crippen LogP) is 6.34. The molecule has 8 heteroatoms. The number of halogens is 1. The SMILES string of the molecule is CCn1nc(C)cc1C1CCN(C2CCC(c3ccc(Br)cc3)(S(=O)(=O)c3ccc(C#N)cc3)CC2)CC1. The number of benzene rings is 2. The molecule has 0 spiro atoms. The van der Waals surface area contributed by atoms with E-state index < -0.39 is 14.6 Å². The Morgan fingerprint density at radius 1 is 1.03 bits per heavy atom. The molecule has 2 aromatic carbocycles. The molecule has 0 N–H and O–H groups in total. The van der Waals surface area contributed by atoms with Gasteiger partial charge in [0, 0.05) is 28.7 Å². The van der Waals surface area contributed by atoms with Crippen molar-refractivity contribution in [3.63, 3.8) is 0 Å². The van der Waals surface area contributed by atoms with Gasteiger partial charge in [0.1, 0.15) is 4.75 Å². The van der Waals surface area contributed by atoms with E-state index in [2.05, 4.69) is 56.6 Å². The van der Waals surface area contributed by atoms with E-state index in [1.807, 2.05) is 24.3 Å². The van der Waals surface area contributed by atoms with Crippen LogP contribution in [-0.2, 0) is 21.1 Å². The lowest BCUT2D eigenvalue weighted by molar-refractivity contribution is 0.110. The Balaban J connectivity index is 1.35. The topological polar surface area (TPSA) is 79.0 Å². The fourth-order valence-electron chi connectivity index (χ4n) is 6.54. The van der Waals surface area contributed by atoms with Crippen LogP contribution >= 0.6 is 15.9 Å². The molecule has 5 rings (SSSR count). The predicted molar refractivity (Wildman–Crippen MR) is 153 cm³/mol. The maximum absolute atomic E-state index is 14.2. The van der Waals surface area contributed by atoms with Gasteiger partial charge >= 0.3 is 0 Å². The van der Waals surface area contributed by atoms with Crippen molar-refractivity contribution in [2.75, 3.05) is 13.1 Å². The van der Waals surface area contributed by atoms with Crippen LogP contribution in [0.3, 0.4) is 0 Å². The van der Waals surface area contributed by atoms with Crippen LogP contribution in [0.5, 0.6) is 0 Å². The molecule has 200 valence electrons. The summed E-state index contributed by atoms with van der Waals surface area (Å²) in [5.74, 6) is 0.537. The molecule has 0 radical (unpaired) electrons. The van der Waals surface area contributed by atoms with Gasteiger partial charge in [0.05, 0.1) is 22.2 Å². The van der Waals surface area contributed by atoms with Gasteiger partial charge in [-0.05, 0) is 113 Å². The molecule has 6 nitrogen and oxygen atoms in total. The fourth-order valence-corrected chi connectivity index (χ4v) is 8.97. The number of aromatic nitrogens is 2. The molecule has 0 unspecified atom stereocenters. The third-order valence-electron chi connectivity index (χ3n) is 8.64. The Morgan fingerprint density at radius 3 is 2.24 bits per heavy atom. The summed E-state index contributed by atoms with van der Waals surface area (Å²) in [5.41, 5.74) is 3.76. The molecule has 2 heterocycles. The first kappa shape index (κ1) is 27.1. The second-order valence-corrected chi connectivity index (χ2v) is 13.9. The average Bonchev–Trinajstić information content (AvgIpc) is 3.34. The monoisotopic (exact) mass is 594 g/mol. The van der Waals surface area contributed by atoms with Crippen molar-refractivity contribution < 1.29 is 8.42 Å². The molecule has 1 saturated heterocycles. The van der Waals surface area contributed by atoms with Gasteiger partial charge in [0.2, 0.25) is 0 Å². The number of hydrogen-bond acceptors (Lipinski definition) is 5. The summed E-state index contributed by atoms with van der Waals surface area (Å²) in [6.07, 6.45) is 5.10. The van der Waals surface area contributed by atoms with Crippen LogP contribution in [0, 0.1) is 18.3 Å². The molecule has 2 aliphatic rings. The molecule has 0 atom stereocenters. The minimum atomic E-state index is -3.67. The highest BCUT2D eigenvalue weighted by atomic mass is 79.9. The third-order valence-corrected chi connectivity index (χ3v) is 11.7. The number of rotatable bonds is 6. The van der Waals surface area contributed by atoms with E-state index in [4.69, 9.17) is 0 Å². The fraction of sp³-hybridized carbons (Fsp3) is 0.467. The Labute approximate surface area is 234 Å². The first-order valence-electron chi connectivity index (χ1n) is 13.6. The summed E-state index contributed by atoms with van der Waals surface area (Å²) in [7, 11) is -3.67. The van der Waals surface area contributed by atoms with Crippen LogP contribution in [0.25, 0.3) is 0 Å². The quantitative estimate of drug-likeness (QED) is 0.333. The van der Waals surface area contributed by atoms with Gasteiger partial charge < -0.3 is 4.90 Å². The number of nitrogens with zero attached hydrogens (tertiary/aromatic N) is 4. The Kier molecular flexibility index (Phi) is 7.82. The van der Waals surface area contributed by atoms with Gasteiger partial charge in [-0.15, -0.1) is 0 Å². The number of aryl methyl sites for hydroxylation is 2. The lowest BCUT2D eigenvalue weighted by Gasteiger charge is -2.45. The second-order valence-electron chi connectivity index (χ2n) is 10.7. The zero-order chi connectivity index (χ0) is 26.9. The minimum Gasteiger partial charge on any atom is -0.300 e. The zero-order valence-corrected chi connectivity index (χ0v) is 24.5. The second kappa shape index (κ2) is 11.0. The summed E-state index contributed by atoms with van der Waals surface area (Å²) in [4.78, 5) is 2.89. The van der Waals surface area contributed by atoms with Crippen LogP contribution in [-0.4, -0.2) is 42.2 Å². The third kappa shape index (κ3) is 4.97. The van der Waals surface area contributed by atoms with Crippen molar-refractivity contribution in [1.29, 1.82) is 5.26 Å². The molecular formula is C30H35BrN4O2S. The largest absolute Gasteiger partial charge is 0.300 e. The first-order valence-corrected chi connectivity index (χ1v) is 15.8. The molecule has 1 aromatic heterocycles. The number of hydrogen-bond donors (Lipinski definition) is 0. The standard InChI is InChI=1S/C30H35BrN4O2S/c1-3-35-29(20-22(2)33-35)24-14-18-34(19-15-24)27-12-16-30(17-13-27,25-6-8-26(31)9-7-25)38(36,37)28-10-4-23(21-32)5-11-28/h4-11,20,24,27H,3,12-19H2,1-2H3. The van der Waals surface area contributed by atoms with Crippen LogP contribution in [0.2, 0.25) is 0 Å². The Bertz CT molecular complexity index is 1410. The first-order chi connectivity index (χ1) is 18.3. The van der Waals surface area contributed by atoms with Gasteiger partial charge in [-0.25, -0.2) is 8.42 Å². The van der Waals surface area contributed by atoms with Crippen molar-refractivity contribution in [3.05, 3.63) is 81.6 Å². The smallest absolute Gasteiger partial charge is 0.188 e. The summed E-state index contributed by atoms with van der Waals surface area (Å²) >= 11 is 3.50. The van der Waals surface area contributed by atoms with E-state index in [9.17, 15) is 13.7 Å². The van der Waals surface area contributed by atoms with Gasteiger partial charge in [-0.2, -0.15) is 10.4 Å². The van der Waals surface area contributed by atoms with Crippen molar-refractivity contribution in [3.8, 4) is 6.07 Å². The number of likely N-dealkylation sites (tertiary alicyclic amines) is 1. The van der Waals surface area contributed by atoms with Crippen molar-refractivity contribution >= 4 is 25.8 Å². The highest BCUT2D eigenvalue weighted by molar-refractivity contribution is 9.10. The van der Waals surface area contributed by atoms with E-state index in [0.717, 1.165) is 61.0 Å². The summed E-state index contributed by atoms with van der Waals surface area (Å²) < 4.78 is 30.6. The lowest BCUT2D eigenvalue weighted by atomic mass is 9.79. The van der Waals surface area contributed by atoms with Gasteiger partial charge in [-0.1, -0.05) is 28.1 Å². The average molecular weight is 596 g/mol. The normalized spacial score (nSPS) is 23.3. The molecule has 1 aliphatic carbocycles. The van der Waals surface area contributed by atoms with E-state index in [1.54, 1.807) is 24.3 Å². The van der Waals surface area contributed by atoms with E-state index in [0.29, 0.717) is 35.3 Å². The van der Waals surface area contributed by atoms with E-state index in [-0.39, 0.29) is 0 Å². The van der Waals surface area contributed by atoms with Crippen LogP contribution in [0.15, 0.2) is 64.0 Å². The number of sulfone groups is 1. The summed E-state index contributed by atoms with van der Waals surface area (Å²) in [5, 5.41) is 13.8. The molecule has 2 fully saturated rings. The number of nitriles is 1. The van der Waals surface area contributed by atoms with Gasteiger partial charge in [-0.3, -0.25) is 4.68 Å². The molecule has 38 heavy (non-hydrogen) atoms. The lowest BCUT2D eigenvalue weighted by Crippen LogP contribution is -2.48. The Morgan fingerprint density at radius 2 is 1.66 bits per heavy atom. The molecule has 3 aromatic rings. The summed E-state index contributed by atoms with van der Waals surface area (Å²) in [6.45, 7) is 7.19. The maximum atomic E-state index is 14.2. The maximum Gasteiger partial charge on any atom is 0.188 e. The van der Waals surface area contributed by atoms with Crippen LogP contribution < -0.4 is 0 Å². The number of piperidine rings is 1. The van der Waals surface area contributed by atoms with Crippen LogP contribution in [0.4, 0.5) is 0 Å². The van der Waals surface area contributed by atoms with E-state index >= 15 is 0 Å². The van der Waals surface area contributed by atoms with Gasteiger partial charge in [0.25, 0.3) is 0 Å². The Hall–Kier alpha value is -2.47. The van der Waals surface area contributed by atoms with Crippen LogP contribution in [0.1, 0.15) is 73.9 Å². The molecule has 0 amide bonds. The molecule has 0 bridgehead atoms. The summed E-state index contributed by atoms with van der Waals surface area (Å²) in [6, 6.07) is 18.9. The minimum absolute atomic E-state index is 0.293. The van der Waals surface area contributed by atoms with E-state index in [1.165, 1.54) is 5.69 Å². The zero-order valence-electron chi connectivity index (χ0n) is 22.1. The molecule has 1 saturated carbocycles. The van der Waals surface area contributed by atoms with Crippen molar-refractivity contribution in [2.24, 2.45) is 0 Å². The molecular weight excluding hydrogens is 560 g/mol. The highest BCUT2D eigenvalue weighted by Gasteiger charge is 2.49. The van der Waals surface area contributed by atoms with Crippen molar-refractivity contribution in [2.45, 2.75) is 80.5 Å². The van der Waals surface area contributed by atoms with Crippen molar-refractivity contribution in [1.82, 2.24) is 14.7 Å². The van der Waals surface area contributed by atoms with Gasteiger partial charge in [0.15, 0.2) is 9.84 Å². The highest BCUT2D eigenvalue weighted by Crippen LogP contribution is 2.48.